The van der Waals surface area contributed by atoms with Crippen molar-refractivity contribution >= 4 is 11.5 Å². The van der Waals surface area contributed by atoms with E-state index in [1.807, 2.05) is 19.1 Å². The van der Waals surface area contributed by atoms with Gasteiger partial charge in [-0.3, -0.25) is 4.98 Å². The van der Waals surface area contributed by atoms with E-state index in [1.54, 1.807) is 12.4 Å². The van der Waals surface area contributed by atoms with Crippen LogP contribution in [0.2, 0.25) is 0 Å². The number of nitrogens with zero attached hydrogens (tertiary/aromatic N) is 4. The molecule has 0 amide bonds. The minimum absolute atomic E-state index is 0.299. The molecule has 2 heterocycles. The van der Waals surface area contributed by atoms with E-state index in [0.717, 1.165) is 11.3 Å². The Morgan fingerprint density at radius 2 is 2.12 bits per heavy atom. The molecule has 0 saturated carbocycles. The van der Waals surface area contributed by atoms with Gasteiger partial charge in [-0.05, 0) is 18.6 Å². The van der Waals surface area contributed by atoms with Gasteiger partial charge in [0.1, 0.15) is 11.9 Å². The van der Waals surface area contributed by atoms with E-state index in [2.05, 4.69) is 20.3 Å². The summed E-state index contributed by atoms with van der Waals surface area (Å²) in [5.74, 6) is 0.593. The minimum Gasteiger partial charge on any atom is -0.337 e. The summed E-state index contributed by atoms with van der Waals surface area (Å²) in [7, 11) is 0. The molecule has 0 aromatic carbocycles. The standard InChI is InChI=1S/C11H9N5/c1-8-2-3-13-6-10(8)16-11-7-14-9(4-12)5-15-11/h2-3,5-7H,1H3,(H,15,16). The highest BCUT2D eigenvalue weighted by molar-refractivity contribution is 5.58. The molecular formula is C11H9N5. The van der Waals surface area contributed by atoms with Crippen LogP contribution in [0.3, 0.4) is 0 Å². The van der Waals surface area contributed by atoms with Crippen LogP contribution >= 0.6 is 0 Å². The topological polar surface area (TPSA) is 74.5 Å². The summed E-state index contributed by atoms with van der Waals surface area (Å²) in [5.41, 5.74) is 2.25. The largest absolute Gasteiger partial charge is 0.337 e. The van der Waals surface area contributed by atoms with E-state index >= 15 is 0 Å². The van der Waals surface area contributed by atoms with Crippen molar-refractivity contribution < 1.29 is 0 Å². The first kappa shape index (κ1) is 10.1. The number of hydrogen-bond donors (Lipinski definition) is 1. The normalized spacial score (nSPS) is 9.50. The SMILES string of the molecule is Cc1ccncc1Nc1cnc(C#N)cn1. The van der Waals surface area contributed by atoms with Crippen LogP contribution in [-0.4, -0.2) is 15.0 Å². The molecule has 2 rings (SSSR count). The second-order valence-electron chi connectivity index (χ2n) is 3.21. The summed E-state index contributed by atoms with van der Waals surface area (Å²) >= 11 is 0. The van der Waals surface area contributed by atoms with Crippen LogP contribution in [0.4, 0.5) is 11.5 Å². The van der Waals surface area contributed by atoms with Gasteiger partial charge in [0.15, 0.2) is 5.69 Å². The fraction of sp³-hybridized carbons (Fsp3) is 0.0909. The second kappa shape index (κ2) is 4.36. The van der Waals surface area contributed by atoms with E-state index in [0.29, 0.717) is 11.5 Å². The van der Waals surface area contributed by atoms with Gasteiger partial charge in [0.05, 0.1) is 24.3 Å². The van der Waals surface area contributed by atoms with E-state index in [1.165, 1.54) is 12.4 Å². The zero-order valence-electron chi connectivity index (χ0n) is 8.68. The van der Waals surface area contributed by atoms with E-state index in [9.17, 15) is 0 Å². The molecule has 0 spiro atoms. The molecule has 0 unspecified atom stereocenters. The molecular weight excluding hydrogens is 202 g/mol. The molecule has 78 valence electrons. The smallest absolute Gasteiger partial charge is 0.158 e. The van der Waals surface area contributed by atoms with Gasteiger partial charge in [-0.25, -0.2) is 9.97 Å². The quantitative estimate of drug-likeness (QED) is 0.819. The molecule has 2 aromatic heterocycles. The van der Waals surface area contributed by atoms with E-state index < -0.39 is 0 Å². The number of nitriles is 1. The van der Waals surface area contributed by atoms with Gasteiger partial charge in [0, 0.05) is 6.20 Å². The Balaban J connectivity index is 2.22. The highest BCUT2D eigenvalue weighted by Crippen LogP contribution is 2.16. The van der Waals surface area contributed by atoms with Crippen molar-refractivity contribution in [2.24, 2.45) is 0 Å². The van der Waals surface area contributed by atoms with E-state index in [-0.39, 0.29) is 0 Å². The first-order chi connectivity index (χ1) is 7.79. The van der Waals surface area contributed by atoms with E-state index in [4.69, 9.17) is 5.26 Å². The lowest BCUT2D eigenvalue weighted by molar-refractivity contribution is 1.16. The Kier molecular flexibility index (Phi) is 2.74. The van der Waals surface area contributed by atoms with Gasteiger partial charge in [0.2, 0.25) is 0 Å². The maximum atomic E-state index is 8.58. The Morgan fingerprint density at radius 1 is 1.25 bits per heavy atom. The van der Waals surface area contributed by atoms with Gasteiger partial charge < -0.3 is 5.32 Å². The predicted molar refractivity (Wildman–Crippen MR) is 59.0 cm³/mol. The highest BCUT2D eigenvalue weighted by atomic mass is 15.0. The van der Waals surface area contributed by atoms with Crippen LogP contribution in [0.5, 0.6) is 0 Å². The zero-order valence-corrected chi connectivity index (χ0v) is 8.68. The molecule has 0 radical (unpaired) electrons. The van der Waals surface area contributed by atoms with Crippen LogP contribution in [0.25, 0.3) is 0 Å². The maximum Gasteiger partial charge on any atom is 0.158 e. The predicted octanol–water partition coefficient (Wildman–Crippen LogP) is 1.80. The lowest BCUT2D eigenvalue weighted by Gasteiger charge is -2.06. The summed E-state index contributed by atoms with van der Waals surface area (Å²) in [6, 6.07) is 3.82. The van der Waals surface area contributed by atoms with Crippen molar-refractivity contribution in [1.29, 1.82) is 5.26 Å². The molecule has 16 heavy (non-hydrogen) atoms. The lowest BCUT2D eigenvalue weighted by Crippen LogP contribution is -1.97. The maximum absolute atomic E-state index is 8.58. The summed E-state index contributed by atoms with van der Waals surface area (Å²) in [6.07, 6.45) is 6.39. The second-order valence-corrected chi connectivity index (χ2v) is 3.21. The number of nitrogens with one attached hydrogen (secondary N) is 1. The molecule has 0 aliphatic heterocycles. The van der Waals surface area contributed by atoms with Crippen LogP contribution in [0.15, 0.2) is 30.9 Å². The Labute approximate surface area is 92.8 Å². The van der Waals surface area contributed by atoms with Gasteiger partial charge in [-0.2, -0.15) is 5.26 Å². The third kappa shape index (κ3) is 2.12. The summed E-state index contributed by atoms with van der Waals surface area (Å²) < 4.78 is 0. The number of aromatic nitrogens is 3. The number of rotatable bonds is 2. The molecule has 0 fully saturated rings. The van der Waals surface area contributed by atoms with Gasteiger partial charge in [-0.1, -0.05) is 0 Å². The third-order valence-electron chi connectivity index (χ3n) is 2.07. The van der Waals surface area contributed by atoms with Gasteiger partial charge in [-0.15, -0.1) is 0 Å². The summed E-state index contributed by atoms with van der Waals surface area (Å²) in [5, 5.41) is 11.7. The Morgan fingerprint density at radius 3 is 2.75 bits per heavy atom. The lowest BCUT2D eigenvalue weighted by atomic mass is 10.2. The Hall–Kier alpha value is -2.48. The van der Waals surface area contributed by atoms with Crippen LogP contribution in [0.1, 0.15) is 11.3 Å². The van der Waals surface area contributed by atoms with Crippen molar-refractivity contribution in [3.05, 3.63) is 42.1 Å². The monoisotopic (exact) mass is 211 g/mol. The zero-order chi connectivity index (χ0) is 11.4. The fourth-order valence-corrected chi connectivity index (χ4v) is 1.18. The fourth-order valence-electron chi connectivity index (χ4n) is 1.18. The van der Waals surface area contributed by atoms with Crippen molar-refractivity contribution in [2.75, 3.05) is 5.32 Å². The highest BCUT2D eigenvalue weighted by Gasteiger charge is 2.00. The van der Waals surface area contributed by atoms with Crippen molar-refractivity contribution in [3.8, 4) is 6.07 Å². The molecule has 0 aliphatic rings. The number of anilines is 2. The van der Waals surface area contributed by atoms with Crippen LogP contribution in [-0.2, 0) is 0 Å². The minimum atomic E-state index is 0.299. The number of hydrogen-bond acceptors (Lipinski definition) is 5. The first-order valence-corrected chi connectivity index (χ1v) is 4.69. The van der Waals surface area contributed by atoms with Crippen molar-refractivity contribution in [2.45, 2.75) is 6.92 Å². The molecule has 0 atom stereocenters. The van der Waals surface area contributed by atoms with Gasteiger partial charge in [0.25, 0.3) is 0 Å². The molecule has 2 aromatic rings. The van der Waals surface area contributed by atoms with Crippen molar-refractivity contribution in [1.82, 2.24) is 15.0 Å². The number of pyridine rings is 1. The molecule has 1 N–H and O–H groups in total. The first-order valence-electron chi connectivity index (χ1n) is 4.69. The summed E-state index contributed by atoms with van der Waals surface area (Å²) in [6.45, 7) is 1.97. The van der Waals surface area contributed by atoms with Gasteiger partial charge >= 0.3 is 0 Å². The molecule has 0 bridgehead atoms. The van der Waals surface area contributed by atoms with Crippen LogP contribution < -0.4 is 5.32 Å². The van der Waals surface area contributed by atoms with Crippen LogP contribution in [0, 0.1) is 18.3 Å². The average molecular weight is 211 g/mol. The molecule has 5 heteroatoms. The molecule has 0 aliphatic carbocycles. The third-order valence-corrected chi connectivity index (χ3v) is 2.07. The average Bonchev–Trinajstić information content (AvgIpc) is 2.33. The molecule has 5 nitrogen and oxygen atoms in total. The molecule has 0 saturated heterocycles. The van der Waals surface area contributed by atoms with Crippen molar-refractivity contribution in [3.63, 3.8) is 0 Å². The Bertz CT molecular complexity index is 527. The number of aryl methyl sites for hydroxylation is 1. The summed E-state index contributed by atoms with van der Waals surface area (Å²) in [4.78, 5) is 12.0.